The number of nitrogens with zero attached hydrogens (tertiary/aromatic N) is 1. The minimum atomic E-state index is -0.0660. The van der Waals surface area contributed by atoms with Gasteiger partial charge in [-0.25, -0.2) is 0 Å². The number of fused-ring (bicyclic) bond motifs is 1. The topological polar surface area (TPSA) is 33.7 Å². The van der Waals surface area contributed by atoms with E-state index >= 15 is 0 Å². The third kappa shape index (κ3) is 3.00. The normalized spacial score (nSPS) is 28.1. The third-order valence-electron chi connectivity index (χ3n) is 5.25. The van der Waals surface area contributed by atoms with Crippen molar-refractivity contribution in [2.75, 3.05) is 32.8 Å². The van der Waals surface area contributed by atoms with E-state index in [0.717, 1.165) is 51.4 Å². The van der Waals surface area contributed by atoms with Crippen LogP contribution in [0.4, 0.5) is 0 Å². The van der Waals surface area contributed by atoms with E-state index in [9.17, 15) is 0 Å². The first-order valence-corrected chi connectivity index (χ1v) is 8.63. The van der Waals surface area contributed by atoms with Crippen molar-refractivity contribution >= 4 is 0 Å². The van der Waals surface area contributed by atoms with Crippen molar-refractivity contribution in [3.8, 4) is 5.75 Å². The molecular weight excluding hydrogens is 276 g/mol. The number of benzene rings is 1. The number of hydrogen-bond donors (Lipinski definition) is 1. The van der Waals surface area contributed by atoms with Gasteiger partial charge in [0, 0.05) is 44.1 Å². The Balaban J connectivity index is 1.58. The molecule has 0 aliphatic carbocycles. The fraction of sp³-hybridized carbons (Fsp3) is 0.667. The van der Waals surface area contributed by atoms with Gasteiger partial charge in [0.15, 0.2) is 0 Å². The van der Waals surface area contributed by atoms with E-state index in [1.807, 2.05) is 0 Å². The summed E-state index contributed by atoms with van der Waals surface area (Å²) in [7, 11) is 0. The smallest absolute Gasteiger partial charge is 0.126 e. The van der Waals surface area contributed by atoms with Gasteiger partial charge in [0.25, 0.3) is 0 Å². The lowest BCUT2D eigenvalue weighted by molar-refractivity contribution is -0.0590. The molecular formula is C18H26N2O2. The van der Waals surface area contributed by atoms with Gasteiger partial charge in [0.05, 0.1) is 13.2 Å². The zero-order chi connectivity index (χ0) is 14.8. The zero-order valence-electron chi connectivity index (χ0n) is 13.2. The zero-order valence-corrected chi connectivity index (χ0v) is 13.2. The van der Waals surface area contributed by atoms with E-state index in [1.54, 1.807) is 0 Å². The Labute approximate surface area is 132 Å². The van der Waals surface area contributed by atoms with Crippen LogP contribution in [0.25, 0.3) is 0 Å². The van der Waals surface area contributed by atoms with Gasteiger partial charge < -0.3 is 14.8 Å². The monoisotopic (exact) mass is 302 g/mol. The fourth-order valence-electron chi connectivity index (χ4n) is 4.06. The van der Waals surface area contributed by atoms with E-state index in [2.05, 4.69) is 34.5 Å². The molecule has 2 fully saturated rings. The highest BCUT2D eigenvalue weighted by atomic mass is 16.5. The molecule has 0 radical (unpaired) electrons. The second-order valence-electron chi connectivity index (χ2n) is 6.97. The summed E-state index contributed by atoms with van der Waals surface area (Å²) < 4.78 is 12.1. The molecule has 1 spiro atoms. The molecule has 3 aliphatic heterocycles. The first kappa shape index (κ1) is 14.5. The quantitative estimate of drug-likeness (QED) is 0.908. The van der Waals surface area contributed by atoms with Crippen molar-refractivity contribution in [2.45, 2.75) is 43.9 Å². The minimum absolute atomic E-state index is 0.0660. The molecule has 4 rings (SSSR count). The molecule has 0 saturated carbocycles. The van der Waals surface area contributed by atoms with Crippen LogP contribution < -0.4 is 10.1 Å². The molecule has 1 atom stereocenters. The molecule has 120 valence electrons. The second kappa shape index (κ2) is 6.19. The Hall–Kier alpha value is -1.10. The number of rotatable bonds is 2. The fourth-order valence-corrected chi connectivity index (χ4v) is 4.06. The summed E-state index contributed by atoms with van der Waals surface area (Å²) in [6, 6.07) is 9.19. The van der Waals surface area contributed by atoms with Crippen LogP contribution in [-0.2, 0) is 11.3 Å². The van der Waals surface area contributed by atoms with Crippen molar-refractivity contribution in [1.82, 2.24) is 10.2 Å². The maximum atomic E-state index is 6.54. The molecule has 3 aliphatic rings. The standard InChI is InChI=1S/C18H26N2O2/c1-2-6-17-15(4-1)12-20(13-16-5-3-9-19-16)14-18(22-17)7-10-21-11-8-18/h1-2,4,6,16,19H,3,5,7-14H2/t16-/m0/s1. The molecule has 0 amide bonds. The Morgan fingerprint density at radius 1 is 1.23 bits per heavy atom. The highest BCUT2D eigenvalue weighted by molar-refractivity contribution is 5.35. The predicted molar refractivity (Wildman–Crippen MR) is 86.2 cm³/mol. The number of para-hydroxylation sites is 1. The first-order chi connectivity index (χ1) is 10.8. The highest BCUT2D eigenvalue weighted by Crippen LogP contribution is 2.35. The molecule has 2 saturated heterocycles. The average Bonchev–Trinajstić information content (AvgIpc) is 2.97. The van der Waals surface area contributed by atoms with Gasteiger partial charge >= 0.3 is 0 Å². The summed E-state index contributed by atoms with van der Waals surface area (Å²) in [5, 5.41) is 3.63. The van der Waals surface area contributed by atoms with Crippen LogP contribution in [0, 0.1) is 0 Å². The largest absolute Gasteiger partial charge is 0.485 e. The van der Waals surface area contributed by atoms with Gasteiger partial charge in [-0.2, -0.15) is 0 Å². The Morgan fingerprint density at radius 2 is 2.09 bits per heavy atom. The van der Waals surface area contributed by atoms with Crippen molar-refractivity contribution < 1.29 is 9.47 Å². The summed E-state index contributed by atoms with van der Waals surface area (Å²) in [6.07, 6.45) is 4.60. The van der Waals surface area contributed by atoms with Crippen molar-refractivity contribution in [1.29, 1.82) is 0 Å². The van der Waals surface area contributed by atoms with E-state index in [4.69, 9.17) is 9.47 Å². The Morgan fingerprint density at radius 3 is 2.91 bits per heavy atom. The number of ether oxygens (including phenoxy) is 2. The number of hydrogen-bond acceptors (Lipinski definition) is 4. The van der Waals surface area contributed by atoms with Crippen LogP contribution >= 0.6 is 0 Å². The molecule has 1 aromatic carbocycles. The molecule has 1 aromatic rings. The molecule has 0 aromatic heterocycles. The van der Waals surface area contributed by atoms with Gasteiger partial charge in [-0.05, 0) is 25.5 Å². The van der Waals surface area contributed by atoms with Crippen molar-refractivity contribution in [2.24, 2.45) is 0 Å². The van der Waals surface area contributed by atoms with Gasteiger partial charge in [0.2, 0.25) is 0 Å². The van der Waals surface area contributed by atoms with E-state index in [-0.39, 0.29) is 5.60 Å². The maximum absolute atomic E-state index is 6.54. The third-order valence-corrected chi connectivity index (χ3v) is 5.25. The molecule has 1 N–H and O–H groups in total. The van der Waals surface area contributed by atoms with Crippen LogP contribution in [0.1, 0.15) is 31.2 Å². The Kier molecular flexibility index (Phi) is 4.07. The van der Waals surface area contributed by atoms with Crippen LogP contribution in [-0.4, -0.2) is 49.4 Å². The molecule has 4 nitrogen and oxygen atoms in total. The minimum Gasteiger partial charge on any atom is -0.485 e. The predicted octanol–water partition coefficient (Wildman–Crippen LogP) is 2.18. The van der Waals surface area contributed by atoms with Gasteiger partial charge in [-0.1, -0.05) is 18.2 Å². The lowest BCUT2D eigenvalue weighted by Crippen LogP contribution is -2.51. The average molecular weight is 302 g/mol. The summed E-state index contributed by atoms with van der Waals surface area (Å²) in [6.45, 7) is 5.94. The molecule has 0 bridgehead atoms. The molecule has 4 heteroatoms. The van der Waals surface area contributed by atoms with Crippen molar-refractivity contribution in [3.05, 3.63) is 29.8 Å². The lowest BCUT2D eigenvalue weighted by Gasteiger charge is -2.39. The van der Waals surface area contributed by atoms with Crippen LogP contribution in [0.5, 0.6) is 5.75 Å². The van der Waals surface area contributed by atoms with Gasteiger partial charge in [-0.15, -0.1) is 0 Å². The SMILES string of the molecule is c1ccc2c(c1)CN(C[C@@H]1CCCN1)CC1(CCOCC1)O2. The van der Waals surface area contributed by atoms with Crippen LogP contribution in [0.3, 0.4) is 0 Å². The molecule has 0 unspecified atom stereocenters. The van der Waals surface area contributed by atoms with Gasteiger partial charge in [0.1, 0.15) is 11.4 Å². The Bertz CT molecular complexity index is 508. The van der Waals surface area contributed by atoms with E-state index in [1.165, 1.54) is 24.9 Å². The van der Waals surface area contributed by atoms with Crippen LogP contribution in [0.2, 0.25) is 0 Å². The second-order valence-corrected chi connectivity index (χ2v) is 6.97. The maximum Gasteiger partial charge on any atom is 0.126 e. The van der Waals surface area contributed by atoms with Gasteiger partial charge in [-0.3, -0.25) is 4.90 Å². The molecule has 3 heterocycles. The summed E-state index contributed by atoms with van der Waals surface area (Å²) in [5.41, 5.74) is 1.26. The van der Waals surface area contributed by atoms with Crippen molar-refractivity contribution in [3.63, 3.8) is 0 Å². The molecule has 22 heavy (non-hydrogen) atoms. The van der Waals surface area contributed by atoms with Crippen LogP contribution in [0.15, 0.2) is 24.3 Å². The lowest BCUT2D eigenvalue weighted by atomic mass is 9.93. The highest BCUT2D eigenvalue weighted by Gasteiger charge is 2.39. The van der Waals surface area contributed by atoms with E-state index < -0.39 is 0 Å². The first-order valence-electron chi connectivity index (χ1n) is 8.63. The number of nitrogens with one attached hydrogen (secondary N) is 1. The summed E-state index contributed by atoms with van der Waals surface area (Å²) in [5.74, 6) is 1.08. The summed E-state index contributed by atoms with van der Waals surface area (Å²) >= 11 is 0. The van der Waals surface area contributed by atoms with E-state index in [0.29, 0.717) is 6.04 Å². The summed E-state index contributed by atoms with van der Waals surface area (Å²) in [4.78, 5) is 2.60.